The van der Waals surface area contributed by atoms with Crippen LogP contribution in [-0.4, -0.2) is 50.3 Å². The molecule has 22 heavy (non-hydrogen) atoms. The Morgan fingerprint density at radius 2 is 1.09 bits per heavy atom. The molecule has 0 aromatic carbocycles. The van der Waals surface area contributed by atoms with E-state index in [-0.39, 0.29) is 0 Å². The van der Waals surface area contributed by atoms with Crippen molar-refractivity contribution in [2.45, 2.75) is 43.2 Å². The molecule has 1 atom stereocenters. The predicted octanol–water partition coefficient (Wildman–Crippen LogP) is -2.00. The van der Waals surface area contributed by atoms with Crippen LogP contribution in [0.3, 0.4) is 0 Å². The fourth-order valence-electron chi connectivity index (χ4n) is 2.31. The monoisotopic (exact) mass is 321 g/mol. The number of nitrogens with two attached hydrogens (primary N) is 3. The number of carboxylic acids is 3. The van der Waals surface area contributed by atoms with E-state index in [9.17, 15) is 19.2 Å². The number of hydrogen-bond donors (Lipinski definition) is 6. The topological polar surface area (TPSA) is 216 Å². The van der Waals surface area contributed by atoms with Crippen LogP contribution in [0.25, 0.3) is 0 Å². The Bertz CT molecular complexity index is 450. The first kappa shape index (κ1) is 19.8. The summed E-state index contributed by atoms with van der Waals surface area (Å²) in [5.74, 6) is -0.515. The van der Waals surface area contributed by atoms with Crippen LogP contribution in [0.5, 0.6) is 0 Å². The van der Waals surface area contributed by atoms with E-state index in [2.05, 4.69) is 10.7 Å². The molecule has 9 N–H and O–H groups in total. The molecule has 11 heteroatoms. The second-order valence-corrected chi connectivity index (χ2v) is 5.28. The Balaban J connectivity index is 5.41. The van der Waals surface area contributed by atoms with Crippen LogP contribution in [0.2, 0.25) is 0 Å². The minimum atomic E-state index is -1.84. The molecule has 0 fully saturated rings. The number of carbonyl (C=O) groups excluding carboxylic acids is 1. The van der Waals surface area contributed by atoms with E-state index in [1.165, 1.54) is 0 Å². The first-order chi connectivity index (χ1) is 9.91. The van der Waals surface area contributed by atoms with Crippen LogP contribution in [0.4, 0.5) is 0 Å². The summed E-state index contributed by atoms with van der Waals surface area (Å²) in [6.07, 6.45) is -3.49. The standard InChI is InChI=1S/C11H19N3O8/c12-10(1-6(15)16,2-7(17)18)5-11(13,3-8(19)20)4-9(21)22-14/h1-5,12-14H2,(H,15,16)(H,17,18)(H,19,20). The van der Waals surface area contributed by atoms with Gasteiger partial charge in [-0.3, -0.25) is 19.2 Å². The van der Waals surface area contributed by atoms with Gasteiger partial charge < -0.3 is 31.6 Å². The molecule has 0 bridgehead atoms. The fraction of sp³-hybridized carbons (Fsp3) is 0.636. The number of hydrogen-bond acceptors (Lipinski definition) is 8. The quantitative estimate of drug-likeness (QED) is 0.242. The summed E-state index contributed by atoms with van der Waals surface area (Å²) in [6, 6.07) is 0. The van der Waals surface area contributed by atoms with E-state index in [1.807, 2.05) is 0 Å². The van der Waals surface area contributed by atoms with Gasteiger partial charge in [0.05, 0.1) is 25.7 Å². The van der Waals surface area contributed by atoms with Crippen molar-refractivity contribution in [2.75, 3.05) is 0 Å². The Morgan fingerprint density at radius 3 is 1.36 bits per heavy atom. The van der Waals surface area contributed by atoms with Gasteiger partial charge in [-0.15, -0.1) is 0 Å². The number of rotatable bonds is 10. The van der Waals surface area contributed by atoms with Gasteiger partial charge in [0.25, 0.3) is 0 Å². The van der Waals surface area contributed by atoms with Crippen LogP contribution in [-0.2, 0) is 24.0 Å². The highest BCUT2D eigenvalue weighted by atomic mass is 16.7. The van der Waals surface area contributed by atoms with E-state index in [1.54, 1.807) is 0 Å². The number of carboxylic acid groups (broad SMARTS) is 3. The molecule has 1 unspecified atom stereocenters. The fourth-order valence-corrected chi connectivity index (χ4v) is 2.31. The van der Waals surface area contributed by atoms with Crippen LogP contribution < -0.4 is 17.4 Å². The van der Waals surface area contributed by atoms with Crippen molar-refractivity contribution in [3.8, 4) is 0 Å². The molecule has 0 heterocycles. The summed E-state index contributed by atoms with van der Waals surface area (Å²) in [4.78, 5) is 47.7. The highest BCUT2D eigenvalue weighted by molar-refractivity contribution is 5.75. The molecule has 0 aromatic heterocycles. The molecule has 0 aliphatic carbocycles. The van der Waals surface area contributed by atoms with E-state index in [0.29, 0.717) is 0 Å². The minimum absolute atomic E-state index is 0.542. The van der Waals surface area contributed by atoms with Crippen molar-refractivity contribution in [3.05, 3.63) is 0 Å². The largest absolute Gasteiger partial charge is 0.481 e. The molecule has 0 radical (unpaired) electrons. The molecule has 0 aromatic rings. The highest BCUT2D eigenvalue weighted by Crippen LogP contribution is 2.29. The lowest BCUT2D eigenvalue weighted by Crippen LogP contribution is -2.56. The van der Waals surface area contributed by atoms with Gasteiger partial charge in [0.15, 0.2) is 0 Å². The summed E-state index contributed by atoms with van der Waals surface area (Å²) in [7, 11) is 0. The van der Waals surface area contributed by atoms with E-state index < -0.39 is 67.1 Å². The molecule has 0 rings (SSSR count). The van der Waals surface area contributed by atoms with E-state index in [0.717, 1.165) is 0 Å². The van der Waals surface area contributed by atoms with Gasteiger partial charge in [-0.25, -0.2) is 0 Å². The molecule has 0 spiro atoms. The normalized spacial score (nSPS) is 14.0. The summed E-state index contributed by atoms with van der Waals surface area (Å²) >= 11 is 0. The molecule has 0 aliphatic heterocycles. The SMILES string of the molecule is NOC(=O)CC(N)(CC(=O)O)CC(N)(CC(=O)O)CC(=O)O. The van der Waals surface area contributed by atoms with E-state index >= 15 is 0 Å². The molecular weight excluding hydrogens is 302 g/mol. The smallest absolute Gasteiger partial charge is 0.326 e. The second kappa shape index (κ2) is 7.68. The maximum Gasteiger partial charge on any atom is 0.326 e. The Kier molecular flexibility index (Phi) is 6.90. The molecule has 0 saturated carbocycles. The lowest BCUT2D eigenvalue weighted by Gasteiger charge is -2.36. The first-order valence-corrected chi connectivity index (χ1v) is 6.04. The molecule has 126 valence electrons. The zero-order valence-electron chi connectivity index (χ0n) is 11.7. The highest BCUT2D eigenvalue weighted by Gasteiger charge is 2.42. The van der Waals surface area contributed by atoms with Crippen molar-refractivity contribution in [3.63, 3.8) is 0 Å². The van der Waals surface area contributed by atoms with Crippen molar-refractivity contribution in [2.24, 2.45) is 17.4 Å². The van der Waals surface area contributed by atoms with Crippen molar-refractivity contribution >= 4 is 23.9 Å². The third kappa shape index (κ3) is 7.52. The van der Waals surface area contributed by atoms with Crippen LogP contribution in [0, 0.1) is 0 Å². The second-order valence-electron chi connectivity index (χ2n) is 5.28. The van der Waals surface area contributed by atoms with Crippen LogP contribution in [0.15, 0.2) is 0 Å². The molecule has 0 saturated heterocycles. The van der Waals surface area contributed by atoms with Crippen molar-refractivity contribution < 1.29 is 39.3 Å². The van der Waals surface area contributed by atoms with Gasteiger partial charge in [0.1, 0.15) is 0 Å². The van der Waals surface area contributed by atoms with Gasteiger partial charge >= 0.3 is 23.9 Å². The molecule has 11 nitrogen and oxygen atoms in total. The average molecular weight is 321 g/mol. The number of aliphatic carboxylic acids is 3. The Morgan fingerprint density at radius 1 is 0.773 bits per heavy atom. The Labute approximate surface area is 125 Å². The molecular formula is C11H19N3O8. The van der Waals surface area contributed by atoms with Crippen LogP contribution >= 0.6 is 0 Å². The summed E-state index contributed by atoms with van der Waals surface area (Å²) in [5.41, 5.74) is 7.93. The number of carbonyl (C=O) groups is 4. The van der Waals surface area contributed by atoms with Gasteiger partial charge in [-0.2, -0.15) is 5.90 Å². The third-order valence-electron chi connectivity index (χ3n) is 2.84. The molecule has 0 aliphatic rings. The summed E-state index contributed by atoms with van der Waals surface area (Å²) in [5, 5.41) is 26.5. The average Bonchev–Trinajstić information content (AvgIpc) is 2.22. The van der Waals surface area contributed by atoms with Gasteiger partial charge in [0, 0.05) is 11.1 Å². The third-order valence-corrected chi connectivity index (χ3v) is 2.84. The zero-order chi connectivity index (χ0) is 17.6. The van der Waals surface area contributed by atoms with Gasteiger partial charge in [0.2, 0.25) is 0 Å². The maximum absolute atomic E-state index is 11.2. The lowest BCUT2D eigenvalue weighted by atomic mass is 9.76. The van der Waals surface area contributed by atoms with E-state index in [4.69, 9.17) is 26.8 Å². The molecule has 0 amide bonds. The van der Waals surface area contributed by atoms with Crippen LogP contribution in [0.1, 0.15) is 32.1 Å². The summed E-state index contributed by atoms with van der Waals surface area (Å²) < 4.78 is 0. The van der Waals surface area contributed by atoms with Crippen molar-refractivity contribution in [1.82, 2.24) is 0 Å². The Hall–Kier alpha value is -2.24. The maximum atomic E-state index is 11.2. The zero-order valence-corrected chi connectivity index (χ0v) is 11.7. The predicted molar refractivity (Wildman–Crippen MR) is 70.1 cm³/mol. The first-order valence-electron chi connectivity index (χ1n) is 6.04. The lowest BCUT2D eigenvalue weighted by molar-refractivity contribution is -0.146. The van der Waals surface area contributed by atoms with Gasteiger partial charge in [-0.1, -0.05) is 0 Å². The minimum Gasteiger partial charge on any atom is -0.481 e. The summed E-state index contributed by atoms with van der Waals surface area (Å²) in [6.45, 7) is 0. The van der Waals surface area contributed by atoms with Crippen molar-refractivity contribution in [1.29, 1.82) is 0 Å². The van der Waals surface area contributed by atoms with Gasteiger partial charge in [-0.05, 0) is 6.42 Å².